The molecule has 0 spiro atoms. The van der Waals surface area contributed by atoms with Crippen molar-refractivity contribution < 1.29 is 9.47 Å². The second-order valence-electron chi connectivity index (χ2n) is 5.40. The molecule has 1 fully saturated rings. The van der Waals surface area contributed by atoms with Gasteiger partial charge in [-0.3, -0.25) is 0 Å². The summed E-state index contributed by atoms with van der Waals surface area (Å²) in [4.78, 5) is 0. The molecule has 0 saturated heterocycles. The molecular formula is C14H29NO2. The van der Waals surface area contributed by atoms with Crippen molar-refractivity contribution in [2.24, 2.45) is 11.3 Å². The molecular weight excluding hydrogens is 214 g/mol. The molecule has 1 aliphatic carbocycles. The summed E-state index contributed by atoms with van der Waals surface area (Å²) in [6.45, 7) is 9.13. The maximum Gasteiger partial charge on any atom is 0.0587 e. The molecule has 0 bridgehead atoms. The third kappa shape index (κ3) is 5.84. The highest BCUT2D eigenvalue weighted by atomic mass is 16.5. The smallest absolute Gasteiger partial charge is 0.0587 e. The SMILES string of the molecule is CCOCCCC(C)(CNCCOC)C1CC1. The number of hydrogen-bond acceptors (Lipinski definition) is 3. The molecule has 102 valence electrons. The Morgan fingerprint density at radius 3 is 2.65 bits per heavy atom. The average Bonchev–Trinajstić information content (AvgIpc) is 3.15. The van der Waals surface area contributed by atoms with Gasteiger partial charge in [0, 0.05) is 33.4 Å². The van der Waals surface area contributed by atoms with E-state index < -0.39 is 0 Å². The summed E-state index contributed by atoms with van der Waals surface area (Å²) in [6, 6.07) is 0. The predicted molar refractivity (Wildman–Crippen MR) is 71.3 cm³/mol. The van der Waals surface area contributed by atoms with Gasteiger partial charge in [-0.25, -0.2) is 0 Å². The molecule has 0 heterocycles. The molecule has 17 heavy (non-hydrogen) atoms. The van der Waals surface area contributed by atoms with E-state index in [1.165, 1.54) is 25.7 Å². The summed E-state index contributed by atoms with van der Waals surface area (Å²) in [6.07, 6.45) is 5.29. The highest BCUT2D eigenvalue weighted by Gasteiger charge is 2.40. The highest BCUT2D eigenvalue weighted by Crippen LogP contribution is 2.47. The Hall–Kier alpha value is -0.120. The second kappa shape index (κ2) is 8.06. The van der Waals surface area contributed by atoms with Crippen LogP contribution in [0.4, 0.5) is 0 Å². The maximum absolute atomic E-state index is 5.43. The monoisotopic (exact) mass is 243 g/mol. The van der Waals surface area contributed by atoms with Crippen molar-refractivity contribution in [1.82, 2.24) is 5.32 Å². The van der Waals surface area contributed by atoms with Gasteiger partial charge in [0.25, 0.3) is 0 Å². The maximum atomic E-state index is 5.43. The number of methoxy groups -OCH3 is 1. The number of ether oxygens (including phenoxy) is 2. The second-order valence-corrected chi connectivity index (χ2v) is 5.40. The van der Waals surface area contributed by atoms with E-state index in [1.807, 2.05) is 0 Å². The van der Waals surface area contributed by atoms with Crippen molar-refractivity contribution >= 4 is 0 Å². The van der Waals surface area contributed by atoms with Gasteiger partial charge in [-0.15, -0.1) is 0 Å². The largest absolute Gasteiger partial charge is 0.383 e. The van der Waals surface area contributed by atoms with E-state index in [-0.39, 0.29) is 0 Å². The van der Waals surface area contributed by atoms with Crippen molar-refractivity contribution in [2.45, 2.75) is 39.5 Å². The fourth-order valence-corrected chi connectivity index (χ4v) is 2.49. The Labute approximate surface area is 106 Å². The first-order chi connectivity index (χ1) is 8.23. The van der Waals surface area contributed by atoms with E-state index in [4.69, 9.17) is 9.47 Å². The van der Waals surface area contributed by atoms with Gasteiger partial charge in [-0.1, -0.05) is 6.92 Å². The first-order valence-electron chi connectivity index (χ1n) is 7.00. The minimum absolute atomic E-state index is 0.463. The number of rotatable bonds is 11. The molecule has 0 amide bonds. The van der Waals surface area contributed by atoms with Crippen LogP contribution in [0.2, 0.25) is 0 Å². The molecule has 0 aromatic heterocycles. The van der Waals surface area contributed by atoms with E-state index >= 15 is 0 Å². The average molecular weight is 243 g/mol. The Kier molecular flexibility index (Phi) is 7.09. The summed E-state index contributed by atoms with van der Waals surface area (Å²) in [5, 5.41) is 3.52. The predicted octanol–water partition coefficient (Wildman–Crippen LogP) is 2.46. The van der Waals surface area contributed by atoms with Crippen LogP contribution in [0, 0.1) is 11.3 Å². The lowest BCUT2D eigenvalue weighted by Crippen LogP contribution is -2.35. The lowest BCUT2D eigenvalue weighted by Gasteiger charge is -2.30. The van der Waals surface area contributed by atoms with Gasteiger partial charge < -0.3 is 14.8 Å². The van der Waals surface area contributed by atoms with Crippen molar-refractivity contribution in [3.63, 3.8) is 0 Å². The van der Waals surface area contributed by atoms with Crippen LogP contribution in [-0.4, -0.2) is 40.0 Å². The topological polar surface area (TPSA) is 30.5 Å². The Balaban J connectivity index is 2.19. The molecule has 1 saturated carbocycles. The Morgan fingerprint density at radius 1 is 1.29 bits per heavy atom. The molecule has 1 aliphatic rings. The summed E-state index contributed by atoms with van der Waals surface area (Å²) in [7, 11) is 1.75. The zero-order valence-electron chi connectivity index (χ0n) is 11.8. The van der Waals surface area contributed by atoms with E-state index in [0.717, 1.165) is 38.8 Å². The van der Waals surface area contributed by atoms with Crippen molar-refractivity contribution in [3.8, 4) is 0 Å². The van der Waals surface area contributed by atoms with Crippen molar-refractivity contribution in [2.75, 3.05) is 40.0 Å². The van der Waals surface area contributed by atoms with Gasteiger partial charge in [-0.2, -0.15) is 0 Å². The summed E-state index contributed by atoms with van der Waals surface area (Å²) in [5.41, 5.74) is 0.463. The van der Waals surface area contributed by atoms with E-state index in [0.29, 0.717) is 5.41 Å². The number of hydrogen-bond donors (Lipinski definition) is 1. The molecule has 0 aromatic carbocycles. The third-order valence-electron chi connectivity index (χ3n) is 3.82. The molecule has 3 heteroatoms. The van der Waals surface area contributed by atoms with Gasteiger partial charge in [0.1, 0.15) is 0 Å². The van der Waals surface area contributed by atoms with Gasteiger partial charge in [0.15, 0.2) is 0 Å². The molecule has 3 nitrogen and oxygen atoms in total. The van der Waals surface area contributed by atoms with Gasteiger partial charge in [0.2, 0.25) is 0 Å². The quantitative estimate of drug-likeness (QED) is 0.565. The van der Waals surface area contributed by atoms with Crippen LogP contribution in [0.25, 0.3) is 0 Å². The molecule has 1 atom stereocenters. The van der Waals surface area contributed by atoms with Gasteiger partial charge in [0.05, 0.1) is 6.61 Å². The summed E-state index contributed by atoms with van der Waals surface area (Å²) >= 11 is 0. The van der Waals surface area contributed by atoms with Gasteiger partial charge in [-0.05, 0) is 43.9 Å². The molecule has 0 radical (unpaired) electrons. The van der Waals surface area contributed by atoms with E-state index in [2.05, 4.69) is 19.2 Å². The summed E-state index contributed by atoms with van der Waals surface area (Å²) in [5.74, 6) is 0.930. The highest BCUT2D eigenvalue weighted by molar-refractivity contribution is 4.92. The molecule has 1 unspecified atom stereocenters. The van der Waals surface area contributed by atoms with Crippen LogP contribution in [0.5, 0.6) is 0 Å². The van der Waals surface area contributed by atoms with Crippen LogP contribution in [0.1, 0.15) is 39.5 Å². The van der Waals surface area contributed by atoms with Crippen LogP contribution < -0.4 is 5.32 Å². The fraction of sp³-hybridized carbons (Fsp3) is 1.00. The Morgan fingerprint density at radius 2 is 2.06 bits per heavy atom. The standard InChI is InChI=1S/C14H29NO2/c1-4-17-10-5-8-14(2,13-6-7-13)12-15-9-11-16-3/h13,15H,4-12H2,1-3H3. The van der Waals surface area contributed by atoms with Crippen LogP contribution in [-0.2, 0) is 9.47 Å². The van der Waals surface area contributed by atoms with E-state index in [1.54, 1.807) is 7.11 Å². The minimum Gasteiger partial charge on any atom is -0.383 e. The molecule has 1 rings (SSSR count). The molecule has 1 N–H and O–H groups in total. The molecule has 0 aliphatic heterocycles. The first kappa shape index (κ1) is 14.9. The van der Waals surface area contributed by atoms with Crippen molar-refractivity contribution in [1.29, 1.82) is 0 Å². The normalized spacial score (nSPS) is 19.2. The fourth-order valence-electron chi connectivity index (χ4n) is 2.49. The zero-order chi connectivity index (χ0) is 12.6. The minimum atomic E-state index is 0.463. The van der Waals surface area contributed by atoms with E-state index in [9.17, 15) is 0 Å². The number of nitrogens with one attached hydrogen (secondary N) is 1. The van der Waals surface area contributed by atoms with Crippen molar-refractivity contribution in [3.05, 3.63) is 0 Å². The summed E-state index contributed by atoms with van der Waals surface area (Å²) < 4.78 is 10.5. The van der Waals surface area contributed by atoms with Crippen LogP contribution in [0.3, 0.4) is 0 Å². The van der Waals surface area contributed by atoms with Gasteiger partial charge >= 0.3 is 0 Å². The lowest BCUT2D eigenvalue weighted by molar-refractivity contribution is 0.123. The Bertz CT molecular complexity index is 181. The third-order valence-corrected chi connectivity index (χ3v) is 3.82. The van der Waals surface area contributed by atoms with Crippen LogP contribution >= 0.6 is 0 Å². The lowest BCUT2D eigenvalue weighted by atomic mass is 9.80. The first-order valence-corrected chi connectivity index (χ1v) is 7.00. The molecule has 0 aromatic rings. The van der Waals surface area contributed by atoms with Crippen LogP contribution in [0.15, 0.2) is 0 Å². The zero-order valence-corrected chi connectivity index (χ0v) is 11.8.